The summed E-state index contributed by atoms with van der Waals surface area (Å²) < 4.78 is 1.94. The Balaban J connectivity index is 1.92. The van der Waals surface area contributed by atoms with E-state index in [9.17, 15) is 14.7 Å². The second kappa shape index (κ2) is 5.78. The van der Waals surface area contributed by atoms with E-state index >= 15 is 0 Å². The van der Waals surface area contributed by atoms with Gasteiger partial charge in [-0.1, -0.05) is 6.07 Å². The van der Waals surface area contributed by atoms with E-state index in [1.807, 2.05) is 42.7 Å². The van der Waals surface area contributed by atoms with Gasteiger partial charge >= 0.3 is 5.97 Å². The molecular formula is C18H21N3O3. The molecule has 1 fully saturated rings. The molecule has 1 unspecified atom stereocenters. The number of aliphatic carboxylic acids is 1. The van der Waals surface area contributed by atoms with Crippen LogP contribution in [0.25, 0.3) is 5.82 Å². The third-order valence-electron chi connectivity index (χ3n) is 4.82. The summed E-state index contributed by atoms with van der Waals surface area (Å²) in [6.45, 7) is 6.23. The minimum Gasteiger partial charge on any atom is -0.481 e. The van der Waals surface area contributed by atoms with Gasteiger partial charge in [0.15, 0.2) is 0 Å². The molecule has 1 N–H and O–H groups in total. The van der Waals surface area contributed by atoms with Gasteiger partial charge in [0.2, 0.25) is 0 Å². The molecule has 24 heavy (non-hydrogen) atoms. The van der Waals surface area contributed by atoms with Crippen LogP contribution in [0.5, 0.6) is 0 Å². The minimum atomic E-state index is -0.859. The summed E-state index contributed by atoms with van der Waals surface area (Å²) in [5.74, 6) is -0.199. The molecule has 3 rings (SSSR count). The number of carboxylic acid groups (broad SMARTS) is 1. The monoisotopic (exact) mass is 327 g/mol. The van der Waals surface area contributed by atoms with Gasteiger partial charge in [-0.25, -0.2) is 4.98 Å². The molecule has 126 valence electrons. The van der Waals surface area contributed by atoms with E-state index in [0.717, 1.165) is 17.2 Å². The van der Waals surface area contributed by atoms with E-state index in [0.29, 0.717) is 18.5 Å². The maximum atomic E-state index is 12.9. The smallest absolute Gasteiger partial charge is 0.311 e. The Morgan fingerprint density at radius 3 is 2.62 bits per heavy atom. The first-order valence-electron chi connectivity index (χ1n) is 7.96. The molecule has 0 spiro atoms. The Hall–Kier alpha value is -2.63. The fourth-order valence-electron chi connectivity index (χ4n) is 3.30. The van der Waals surface area contributed by atoms with Crippen LogP contribution in [0, 0.1) is 19.3 Å². The summed E-state index contributed by atoms with van der Waals surface area (Å²) in [6.07, 6.45) is 2.20. The number of hydrogen-bond acceptors (Lipinski definition) is 3. The first-order chi connectivity index (χ1) is 11.3. The van der Waals surface area contributed by atoms with Crippen LogP contribution in [0.4, 0.5) is 0 Å². The van der Waals surface area contributed by atoms with Crippen LogP contribution < -0.4 is 0 Å². The molecule has 0 bridgehead atoms. The van der Waals surface area contributed by atoms with Crippen molar-refractivity contribution in [2.75, 3.05) is 13.1 Å². The molecule has 1 aliphatic heterocycles. The first-order valence-corrected chi connectivity index (χ1v) is 7.96. The molecule has 6 nitrogen and oxygen atoms in total. The van der Waals surface area contributed by atoms with Gasteiger partial charge in [-0.15, -0.1) is 0 Å². The third-order valence-corrected chi connectivity index (χ3v) is 4.82. The molecule has 1 atom stereocenters. The second-order valence-corrected chi connectivity index (χ2v) is 6.65. The van der Waals surface area contributed by atoms with Crippen molar-refractivity contribution in [2.24, 2.45) is 5.41 Å². The summed E-state index contributed by atoms with van der Waals surface area (Å²) >= 11 is 0. The van der Waals surface area contributed by atoms with Crippen LogP contribution in [0.3, 0.4) is 0 Å². The van der Waals surface area contributed by atoms with Crippen molar-refractivity contribution in [1.82, 2.24) is 14.5 Å². The molecule has 0 aliphatic carbocycles. The predicted octanol–water partition coefficient (Wildman–Crippen LogP) is 2.43. The van der Waals surface area contributed by atoms with Gasteiger partial charge in [-0.3, -0.25) is 9.59 Å². The lowest BCUT2D eigenvalue weighted by Crippen LogP contribution is -2.35. The maximum Gasteiger partial charge on any atom is 0.311 e. The average molecular weight is 327 g/mol. The number of aryl methyl sites for hydroxylation is 1. The normalized spacial score (nSPS) is 20.4. The number of carbonyl (C=O) groups is 2. The fraction of sp³-hybridized carbons (Fsp3) is 0.389. The van der Waals surface area contributed by atoms with Crippen molar-refractivity contribution in [3.63, 3.8) is 0 Å². The summed E-state index contributed by atoms with van der Waals surface area (Å²) in [4.78, 5) is 30.2. The number of carboxylic acids is 1. The van der Waals surface area contributed by atoms with Crippen molar-refractivity contribution >= 4 is 11.9 Å². The highest BCUT2D eigenvalue weighted by Crippen LogP contribution is 2.32. The topological polar surface area (TPSA) is 75.4 Å². The van der Waals surface area contributed by atoms with Gasteiger partial charge in [0.1, 0.15) is 5.82 Å². The third kappa shape index (κ3) is 2.58. The van der Waals surface area contributed by atoms with E-state index in [2.05, 4.69) is 4.98 Å². The molecule has 2 aromatic heterocycles. The Morgan fingerprint density at radius 1 is 1.29 bits per heavy atom. The van der Waals surface area contributed by atoms with E-state index in [4.69, 9.17) is 0 Å². The van der Waals surface area contributed by atoms with Gasteiger partial charge in [-0.05, 0) is 45.4 Å². The van der Waals surface area contributed by atoms with Crippen LogP contribution in [0.1, 0.15) is 35.1 Å². The number of rotatable bonds is 3. The van der Waals surface area contributed by atoms with Crippen LogP contribution in [-0.2, 0) is 4.79 Å². The summed E-state index contributed by atoms with van der Waals surface area (Å²) in [7, 11) is 0. The lowest BCUT2D eigenvalue weighted by molar-refractivity contribution is -0.147. The molecule has 0 saturated carbocycles. The Kier molecular flexibility index (Phi) is 3.91. The maximum absolute atomic E-state index is 12.9. The molecular weight excluding hydrogens is 306 g/mol. The van der Waals surface area contributed by atoms with Crippen molar-refractivity contribution in [3.05, 3.63) is 47.4 Å². The number of amides is 1. The number of likely N-dealkylation sites (tertiary alicyclic amines) is 1. The summed E-state index contributed by atoms with van der Waals surface area (Å²) in [6, 6.07) is 7.50. The molecule has 0 aromatic carbocycles. The molecule has 0 radical (unpaired) electrons. The number of carbonyl (C=O) groups excluding carboxylic acids is 1. The van der Waals surface area contributed by atoms with E-state index in [-0.39, 0.29) is 12.5 Å². The molecule has 3 heterocycles. The molecule has 1 amide bonds. The zero-order chi connectivity index (χ0) is 17.5. The van der Waals surface area contributed by atoms with Crippen LogP contribution in [0.15, 0.2) is 30.5 Å². The van der Waals surface area contributed by atoms with E-state index < -0.39 is 11.4 Å². The second-order valence-electron chi connectivity index (χ2n) is 6.65. The first kappa shape index (κ1) is 16.2. The van der Waals surface area contributed by atoms with Gasteiger partial charge < -0.3 is 14.6 Å². The largest absolute Gasteiger partial charge is 0.481 e. The molecule has 1 aliphatic rings. The number of aromatic nitrogens is 2. The fourth-order valence-corrected chi connectivity index (χ4v) is 3.30. The Bertz CT molecular complexity index is 797. The SMILES string of the molecule is Cc1cc(C(=O)N2CCC(C)(C(=O)O)C2)c(C)n1-c1ccccn1. The number of hydrogen-bond donors (Lipinski definition) is 1. The summed E-state index contributed by atoms with van der Waals surface area (Å²) in [5.41, 5.74) is 1.49. The Morgan fingerprint density at radius 2 is 2.04 bits per heavy atom. The molecule has 1 saturated heterocycles. The lowest BCUT2D eigenvalue weighted by atomic mass is 9.90. The highest BCUT2D eigenvalue weighted by Gasteiger charge is 2.42. The van der Waals surface area contributed by atoms with Crippen LogP contribution >= 0.6 is 0 Å². The quantitative estimate of drug-likeness (QED) is 0.939. The van der Waals surface area contributed by atoms with Gasteiger partial charge in [0, 0.05) is 30.7 Å². The predicted molar refractivity (Wildman–Crippen MR) is 89.3 cm³/mol. The number of nitrogens with zero attached hydrogens (tertiary/aromatic N) is 3. The van der Waals surface area contributed by atoms with E-state index in [1.165, 1.54) is 0 Å². The lowest BCUT2D eigenvalue weighted by Gasteiger charge is -2.20. The van der Waals surface area contributed by atoms with Gasteiger partial charge in [0.25, 0.3) is 5.91 Å². The Labute approximate surface area is 140 Å². The highest BCUT2D eigenvalue weighted by molar-refractivity contribution is 5.96. The molecule has 6 heteroatoms. The average Bonchev–Trinajstić information content (AvgIpc) is 3.09. The van der Waals surface area contributed by atoms with Crippen LogP contribution in [0.2, 0.25) is 0 Å². The minimum absolute atomic E-state index is 0.116. The zero-order valence-corrected chi connectivity index (χ0v) is 14.1. The van der Waals surface area contributed by atoms with Crippen molar-refractivity contribution in [1.29, 1.82) is 0 Å². The van der Waals surface area contributed by atoms with Gasteiger partial charge in [-0.2, -0.15) is 0 Å². The van der Waals surface area contributed by atoms with Gasteiger partial charge in [0.05, 0.1) is 11.0 Å². The van der Waals surface area contributed by atoms with Crippen molar-refractivity contribution < 1.29 is 14.7 Å². The van der Waals surface area contributed by atoms with Crippen LogP contribution in [-0.4, -0.2) is 44.5 Å². The summed E-state index contributed by atoms with van der Waals surface area (Å²) in [5, 5.41) is 9.34. The number of pyridine rings is 1. The van der Waals surface area contributed by atoms with Crippen molar-refractivity contribution in [3.8, 4) is 5.82 Å². The zero-order valence-electron chi connectivity index (χ0n) is 14.1. The standard InChI is InChI=1S/C18H21N3O3/c1-12-10-14(13(2)21(12)15-6-4-5-8-19-15)16(22)20-9-7-18(3,11-20)17(23)24/h4-6,8,10H,7,9,11H2,1-3H3,(H,23,24). The highest BCUT2D eigenvalue weighted by atomic mass is 16.4. The van der Waals surface area contributed by atoms with Crippen molar-refractivity contribution in [2.45, 2.75) is 27.2 Å². The van der Waals surface area contributed by atoms with E-state index in [1.54, 1.807) is 18.0 Å². The molecule has 2 aromatic rings.